The van der Waals surface area contributed by atoms with Crippen molar-refractivity contribution in [3.63, 3.8) is 0 Å². The zero-order valence-corrected chi connectivity index (χ0v) is 17.8. The molecule has 0 aromatic carbocycles. The minimum absolute atomic E-state index is 0.0747. The van der Waals surface area contributed by atoms with Gasteiger partial charge < -0.3 is 14.3 Å². The van der Waals surface area contributed by atoms with Gasteiger partial charge in [-0.2, -0.15) is 5.26 Å². The summed E-state index contributed by atoms with van der Waals surface area (Å²) in [5.74, 6) is 0.244. The summed E-state index contributed by atoms with van der Waals surface area (Å²) in [5, 5.41) is 9.78. The number of fused-ring (bicyclic) bond motifs is 1. The van der Waals surface area contributed by atoms with Crippen LogP contribution in [0.2, 0.25) is 0 Å². The Labute approximate surface area is 180 Å². The number of hydrogen-bond acceptors (Lipinski definition) is 6. The second-order valence-electron chi connectivity index (χ2n) is 7.88. The minimum Gasteiger partial charge on any atom is -0.364 e. The molecule has 0 N–H and O–H groups in total. The van der Waals surface area contributed by atoms with E-state index in [1.807, 2.05) is 25.1 Å². The molecule has 156 valence electrons. The van der Waals surface area contributed by atoms with Crippen molar-refractivity contribution < 1.29 is 0 Å². The molecule has 3 aromatic rings. The number of piperazine rings is 1. The largest absolute Gasteiger partial charge is 0.364 e. The summed E-state index contributed by atoms with van der Waals surface area (Å²) >= 11 is 0. The molecule has 8 nitrogen and oxygen atoms in total. The molecular formula is C23H23N7O. The van der Waals surface area contributed by atoms with Crippen LogP contribution in [-0.2, 0) is 13.6 Å². The van der Waals surface area contributed by atoms with Gasteiger partial charge in [-0.3, -0.25) is 14.7 Å². The summed E-state index contributed by atoms with van der Waals surface area (Å²) in [6.07, 6.45) is 0. The summed E-state index contributed by atoms with van der Waals surface area (Å²) in [7, 11) is 1.63. The Kier molecular flexibility index (Phi) is 5.41. The van der Waals surface area contributed by atoms with Gasteiger partial charge in [-0.15, -0.1) is 4.98 Å². The monoisotopic (exact) mass is 413 g/mol. The van der Waals surface area contributed by atoms with Gasteiger partial charge in [-0.1, -0.05) is 12.6 Å². The van der Waals surface area contributed by atoms with Gasteiger partial charge in [0.25, 0.3) is 11.4 Å². The lowest BCUT2D eigenvalue weighted by molar-refractivity contribution is 0.179. The maximum Gasteiger partial charge on any atom is 0.271 e. The molecule has 1 saturated heterocycles. The fourth-order valence-electron chi connectivity index (χ4n) is 4.18. The quantitative estimate of drug-likeness (QED) is 0.614. The predicted octanol–water partition coefficient (Wildman–Crippen LogP) is 2.77. The first-order valence-electron chi connectivity index (χ1n) is 10.2. The van der Waals surface area contributed by atoms with E-state index in [9.17, 15) is 10.1 Å². The van der Waals surface area contributed by atoms with Crippen LogP contribution in [0.4, 0.5) is 11.5 Å². The number of rotatable bonds is 3. The Hall–Kier alpha value is -3.75. The third-order valence-corrected chi connectivity index (χ3v) is 5.82. The third kappa shape index (κ3) is 3.74. The van der Waals surface area contributed by atoms with Crippen LogP contribution in [0.15, 0.2) is 35.1 Å². The maximum atomic E-state index is 12.9. The van der Waals surface area contributed by atoms with Gasteiger partial charge >= 0.3 is 0 Å². The van der Waals surface area contributed by atoms with Crippen LogP contribution in [-0.4, -0.2) is 45.1 Å². The fourth-order valence-corrected chi connectivity index (χ4v) is 4.18. The molecule has 31 heavy (non-hydrogen) atoms. The Morgan fingerprint density at radius 3 is 2.74 bits per heavy atom. The molecule has 1 aliphatic rings. The normalized spacial score (nSPS) is 16.8. The summed E-state index contributed by atoms with van der Waals surface area (Å²) < 4.78 is 1.43. The Morgan fingerprint density at radius 1 is 1.26 bits per heavy atom. The van der Waals surface area contributed by atoms with Crippen LogP contribution >= 0.6 is 0 Å². The first kappa shape index (κ1) is 20.5. The van der Waals surface area contributed by atoms with Crippen LogP contribution in [0, 0.1) is 24.8 Å². The highest BCUT2D eigenvalue weighted by Crippen LogP contribution is 2.30. The molecule has 3 aromatic heterocycles. The van der Waals surface area contributed by atoms with Crippen LogP contribution in [0.25, 0.3) is 15.9 Å². The molecule has 1 atom stereocenters. The van der Waals surface area contributed by atoms with Gasteiger partial charge in [-0.25, -0.2) is 0 Å². The molecule has 0 spiro atoms. The van der Waals surface area contributed by atoms with E-state index in [2.05, 4.69) is 37.6 Å². The standard InChI is InChI=1S/C23H23N7O/c1-15-6-5-7-17(26-15)14-29-10-11-30(13-16(29)2)22-18(12-24)23(31)28(4)19-8-9-20(25-3)27-21(19)22/h5-9,16H,10-11,13-14H2,1-2,4H3/t16-/m1/s1. The lowest BCUT2D eigenvalue weighted by Crippen LogP contribution is -2.52. The lowest BCUT2D eigenvalue weighted by Gasteiger charge is -2.41. The first-order valence-corrected chi connectivity index (χ1v) is 10.2. The van der Waals surface area contributed by atoms with Crippen molar-refractivity contribution in [2.24, 2.45) is 7.05 Å². The van der Waals surface area contributed by atoms with Crippen molar-refractivity contribution in [2.75, 3.05) is 24.5 Å². The molecule has 0 amide bonds. The van der Waals surface area contributed by atoms with Crippen LogP contribution in [0.1, 0.15) is 23.9 Å². The molecule has 4 heterocycles. The van der Waals surface area contributed by atoms with E-state index in [0.29, 0.717) is 29.8 Å². The van der Waals surface area contributed by atoms with E-state index in [4.69, 9.17) is 6.57 Å². The number of hydrogen-bond donors (Lipinski definition) is 0. The Morgan fingerprint density at radius 2 is 2.06 bits per heavy atom. The number of nitriles is 1. The van der Waals surface area contributed by atoms with Crippen LogP contribution in [0.5, 0.6) is 0 Å². The maximum absolute atomic E-state index is 12.9. The molecule has 0 aliphatic carbocycles. The van der Waals surface area contributed by atoms with Crippen LogP contribution in [0.3, 0.4) is 0 Å². The lowest BCUT2D eigenvalue weighted by atomic mass is 10.1. The highest BCUT2D eigenvalue weighted by molar-refractivity contribution is 5.92. The summed E-state index contributed by atoms with van der Waals surface area (Å²) in [6.45, 7) is 14.2. The summed E-state index contributed by atoms with van der Waals surface area (Å²) in [6, 6.07) is 11.6. The van der Waals surface area contributed by atoms with Crippen molar-refractivity contribution in [3.8, 4) is 6.07 Å². The van der Waals surface area contributed by atoms with Crippen molar-refractivity contribution >= 4 is 22.5 Å². The number of aryl methyl sites for hydroxylation is 2. The van der Waals surface area contributed by atoms with E-state index < -0.39 is 0 Å². The SMILES string of the molecule is [C-]#[N+]c1ccc2c(n1)c(N1CCN(Cc3cccc(C)n3)[C@H](C)C1)c(C#N)c(=O)n2C. The van der Waals surface area contributed by atoms with E-state index in [1.54, 1.807) is 19.2 Å². The van der Waals surface area contributed by atoms with Crippen LogP contribution < -0.4 is 10.5 Å². The predicted molar refractivity (Wildman–Crippen MR) is 119 cm³/mol. The van der Waals surface area contributed by atoms with Gasteiger partial charge in [0, 0.05) is 45.0 Å². The molecule has 0 unspecified atom stereocenters. The number of anilines is 1. The van der Waals surface area contributed by atoms with Crippen molar-refractivity contribution in [1.29, 1.82) is 5.26 Å². The second kappa shape index (κ2) is 8.17. The average Bonchev–Trinajstić information content (AvgIpc) is 2.77. The van der Waals surface area contributed by atoms with E-state index in [1.165, 1.54) is 4.57 Å². The van der Waals surface area contributed by atoms with Gasteiger partial charge in [0.1, 0.15) is 17.3 Å². The molecule has 0 saturated carbocycles. The highest BCUT2D eigenvalue weighted by Gasteiger charge is 2.30. The Balaban J connectivity index is 1.71. The molecule has 1 aliphatic heterocycles. The number of pyridine rings is 3. The minimum atomic E-state index is -0.346. The van der Waals surface area contributed by atoms with E-state index >= 15 is 0 Å². The molecule has 0 radical (unpaired) electrons. The molecule has 8 heteroatoms. The van der Waals surface area contributed by atoms with E-state index in [0.717, 1.165) is 24.5 Å². The Bertz CT molecular complexity index is 1300. The zero-order valence-electron chi connectivity index (χ0n) is 17.8. The second-order valence-corrected chi connectivity index (χ2v) is 7.88. The van der Waals surface area contributed by atoms with Gasteiger partial charge in [0.05, 0.1) is 11.2 Å². The molecule has 1 fully saturated rings. The molecular weight excluding hydrogens is 390 g/mol. The number of aromatic nitrogens is 3. The summed E-state index contributed by atoms with van der Waals surface area (Å²) in [4.78, 5) is 29.8. The van der Waals surface area contributed by atoms with E-state index in [-0.39, 0.29) is 23.0 Å². The van der Waals surface area contributed by atoms with Gasteiger partial charge in [0.2, 0.25) is 5.52 Å². The van der Waals surface area contributed by atoms with Crippen molar-refractivity contribution in [3.05, 3.63) is 69.1 Å². The summed E-state index contributed by atoms with van der Waals surface area (Å²) in [5.41, 5.74) is 3.42. The highest BCUT2D eigenvalue weighted by atomic mass is 16.1. The number of nitrogens with zero attached hydrogens (tertiary/aromatic N) is 7. The van der Waals surface area contributed by atoms with Crippen molar-refractivity contribution in [2.45, 2.75) is 26.4 Å². The average molecular weight is 413 g/mol. The molecule has 4 rings (SSSR count). The zero-order chi connectivity index (χ0) is 22.1. The third-order valence-electron chi connectivity index (χ3n) is 5.82. The van der Waals surface area contributed by atoms with Gasteiger partial charge in [-0.05, 0) is 38.1 Å². The van der Waals surface area contributed by atoms with Crippen molar-refractivity contribution in [1.82, 2.24) is 19.4 Å². The smallest absolute Gasteiger partial charge is 0.271 e. The molecule has 0 bridgehead atoms. The topological polar surface area (TPSA) is 82.4 Å². The van der Waals surface area contributed by atoms with Gasteiger partial charge in [0.15, 0.2) is 0 Å². The fraction of sp³-hybridized carbons (Fsp3) is 0.348. The first-order chi connectivity index (χ1) is 14.9.